The highest BCUT2D eigenvalue weighted by Crippen LogP contribution is 2.18. The molecule has 7 heteroatoms. The van der Waals surface area contributed by atoms with Crippen LogP contribution in [0.2, 0.25) is 0 Å². The minimum Gasteiger partial charge on any atom is -0.295 e. The molecule has 1 aliphatic carbocycles. The molecule has 0 bridgehead atoms. The van der Waals surface area contributed by atoms with Crippen LogP contribution >= 0.6 is 12.6 Å². The van der Waals surface area contributed by atoms with Crippen molar-refractivity contribution in [3.8, 4) is 0 Å². The Morgan fingerprint density at radius 2 is 2.05 bits per heavy atom. The summed E-state index contributed by atoms with van der Waals surface area (Å²) in [6.07, 6.45) is 7.99. The molecule has 22 heavy (non-hydrogen) atoms. The number of amides is 2. The van der Waals surface area contributed by atoms with Crippen molar-refractivity contribution in [3.05, 3.63) is 33.3 Å². The Labute approximate surface area is 132 Å². The minimum atomic E-state index is -0.664. The Bertz CT molecular complexity index is 873. The molecule has 0 saturated carbocycles. The minimum absolute atomic E-state index is 0.232. The maximum absolute atomic E-state index is 12.6. The van der Waals surface area contributed by atoms with Crippen LogP contribution in [-0.2, 0) is 16.6 Å². The van der Waals surface area contributed by atoms with E-state index in [-0.39, 0.29) is 18.0 Å². The van der Waals surface area contributed by atoms with Gasteiger partial charge in [0.2, 0.25) is 11.8 Å². The van der Waals surface area contributed by atoms with E-state index in [0.717, 1.165) is 5.35 Å². The molecule has 1 aliphatic heterocycles. The van der Waals surface area contributed by atoms with Gasteiger partial charge in [-0.2, -0.15) is 12.6 Å². The number of rotatable bonds is 1. The Morgan fingerprint density at radius 3 is 2.73 bits per heavy atom. The third kappa shape index (κ3) is 2.35. The first-order chi connectivity index (χ1) is 10.3. The first-order valence-corrected chi connectivity index (χ1v) is 7.50. The zero-order valence-corrected chi connectivity index (χ0v) is 13.3. The fourth-order valence-corrected chi connectivity index (χ4v) is 3.10. The molecule has 1 fully saturated rings. The number of thiol groups is 1. The SMILES string of the molecule is Cn1c2c(n(C3CCC(=O)NC3=O)c1=O)=CC=CC(C)(S)C=2. The predicted octanol–water partition coefficient (Wildman–Crippen LogP) is -1.02. The highest BCUT2D eigenvalue weighted by molar-refractivity contribution is 7.82. The first kappa shape index (κ1) is 14.9. The van der Waals surface area contributed by atoms with E-state index in [1.165, 1.54) is 9.13 Å². The number of piperidine rings is 1. The summed E-state index contributed by atoms with van der Waals surface area (Å²) in [5.74, 6) is -0.725. The number of hydrogen-bond donors (Lipinski definition) is 2. The van der Waals surface area contributed by atoms with E-state index >= 15 is 0 Å². The van der Waals surface area contributed by atoms with Gasteiger partial charge in [0.1, 0.15) is 6.04 Å². The van der Waals surface area contributed by atoms with Gasteiger partial charge in [0.15, 0.2) is 0 Å². The van der Waals surface area contributed by atoms with E-state index in [4.69, 9.17) is 0 Å². The maximum Gasteiger partial charge on any atom is 0.329 e. The smallest absolute Gasteiger partial charge is 0.295 e. The molecule has 2 aliphatic rings. The Morgan fingerprint density at radius 1 is 1.32 bits per heavy atom. The molecular weight excluding hydrogens is 302 g/mol. The van der Waals surface area contributed by atoms with E-state index in [0.29, 0.717) is 11.8 Å². The van der Waals surface area contributed by atoms with Crippen molar-refractivity contribution in [1.82, 2.24) is 14.5 Å². The number of nitrogens with zero attached hydrogens (tertiary/aromatic N) is 2. The van der Waals surface area contributed by atoms with Gasteiger partial charge in [0.05, 0.1) is 10.7 Å². The number of allylic oxidation sites excluding steroid dienone is 1. The van der Waals surface area contributed by atoms with Gasteiger partial charge >= 0.3 is 5.69 Å². The third-order valence-electron chi connectivity index (χ3n) is 4.01. The van der Waals surface area contributed by atoms with Crippen LogP contribution < -0.4 is 21.7 Å². The second-order valence-corrected chi connectivity index (χ2v) is 6.81. The molecular formula is C15H17N3O3S. The molecule has 0 radical (unpaired) electrons. The monoisotopic (exact) mass is 319 g/mol. The molecule has 1 saturated heterocycles. The number of imide groups is 1. The zero-order chi connectivity index (χ0) is 16.1. The van der Waals surface area contributed by atoms with E-state index < -0.39 is 16.7 Å². The Hall–Kier alpha value is -2.02. The van der Waals surface area contributed by atoms with Crippen LogP contribution in [0.15, 0.2) is 16.9 Å². The van der Waals surface area contributed by atoms with Gasteiger partial charge < -0.3 is 0 Å². The number of hydrogen-bond acceptors (Lipinski definition) is 4. The van der Waals surface area contributed by atoms with Gasteiger partial charge in [-0.15, -0.1) is 0 Å². The lowest BCUT2D eigenvalue weighted by Gasteiger charge is -2.21. The Kier molecular flexibility index (Phi) is 3.40. The number of imidazole rings is 1. The summed E-state index contributed by atoms with van der Waals surface area (Å²) in [7, 11) is 1.67. The molecule has 2 heterocycles. The van der Waals surface area contributed by atoms with Gasteiger partial charge in [0.25, 0.3) is 0 Å². The molecule has 2 atom stereocenters. The highest BCUT2D eigenvalue weighted by Gasteiger charge is 2.31. The van der Waals surface area contributed by atoms with Crippen molar-refractivity contribution in [1.29, 1.82) is 0 Å². The number of aromatic nitrogens is 2. The molecule has 116 valence electrons. The van der Waals surface area contributed by atoms with Crippen molar-refractivity contribution >= 4 is 36.6 Å². The van der Waals surface area contributed by atoms with Gasteiger partial charge in [0, 0.05) is 18.2 Å². The molecule has 1 aromatic heterocycles. The van der Waals surface area contributed by atoms with E-state index in [1.54, 1.807) is 13.1 Å². The standard InChI is InChI=1S/C15H17N3O3S/c1-15(22)7-3-4-9-11(8-15)17(2)14(21)18(9)10-5-6-12(19)16-13(10)20/h3-4,7-8,10,22H,5-6H2,1-2H3,(H,16,19,20). The largest absolute Gasteiger partial charge is 0.329 e. The van der Waals surface area contributed by atoms with Gasteiger partial charge in [-0.25, -0.2) is 4.79 Å². The molecule has 2 amide bonds. The summed E-state index contributed by atoms with van der Waals surface area (Å²) in [6.45, 7) is 1.92. The van der Waals surface area contributed by atoms with Crippen LogP contribution in [0.25, 0.3) is 12.2 Å². The molecule has 1 aromatic rings. The number of carbonyl (C=O) groups is 2. The quantitative estimate of drug-likeness (QED) is 0.514. The lowest BCUT2D eigenvalue weighted by molar-refractivity contribution is -0.135. The average Bonchev–Trinajstić information content (AvgIpc) is 2.58. The normalized spacial score (nSPS) is 27.5. The fraction of sp³-hybridized carbons (Fsp3) is 0.400. The summed E-state index contributed by atoms with van der Waals surface area (Å²) >= 11 is 4.55. The van der Waals surface area contributed by atoms with Crippen molar-refractivity contribution in [2.45, 2.75) is 30.6 Å². The Balaban J connectivity index is 2.26. The van der Waals surface area contributed by atoms with Gasteiger partial charge in [-0.1, -0.05) is 12.2 Å². The lowest BCUT2D eigenvalue weighted by Crippen LogP contribution is -2.47. The van der Waals surface area contributed by atoms with Crippen molar-refractivity contribution < 1.29 is 9.59 Å². The topological polar surface area (TPSA) is 73.1 Å². The second kappa shape index (κ2) is 5.01. The van der Waals surface area contributed by atoms with Crippen LogP contribution in [0.4, 0.5) is 0 Å². The van der Waals surface area contributed by atoms with E-state index in [9.17, 15) is 14.4 Å². The van der Waals surface area contributed by atoms with Crippen molar-refractivity contribution in [3.63, 3.8) is 0 Å². The van der Waals surface area contributed by atoms with Crippen LogP contribution in [-0.4, -0.2) is 25.7 Å². The summed E-state index contributed by atoms with van der Waals surface area (Å²) in [5, 5.41) is 3.68. The van der Waals surface area contributed by atoms with Crippen molar-refractivity contribution in [2.24, 2.45) is 7.05 Å². The number of carbonyl (C=O) groups excluding carboxylic acids is 2. The average molecular weight is 319 g/mol. The van der Waals surface area contributed by atoms with E-state index in [2.05, 4.69) is 17.9 Å². The van der Waals surface area contributed by atoms with Crippen LogP contribution in [0.5, 0.6) is 0 Å². The second-order valence-electron chi connectivity index (χ2n) is 5.84. The molecule has 6 nitrogen and oxygen atoms in total. The highest BCUT2D eigenvalue weighted by atomic mass is 32.1. The molecule has 3 rings (SSSR count). The maximum atomic E-state index is 12.6. The van der Waals surface area contributed by atoms with Crippen LogP contribution in [0.3, 0.4) is 0 Å². The summed E-state index contributed by atoms with van der Waals surface area (Å²) in [6, 6.07) is -0.664. The molecule has 0 aromatic carbocycles. The van der Waals surface area contributed by atoms with Crippen LogP contribution in [0, 0.1) is 0 Å². The molecule has 0 spiro atoms. The zero-order valence-electron chi connectivity index (χ0n) is 12.4. The molecule has 1 N–H and O–H groups in total. The summed E-state index contributed by atoms with van der Waals surface area (Å²) in [4.78, 5) is 36.0. The summed E-state index contributed by atoms with van der Waals surface area (Å²) in [5.41, 5.74) is -0.272. The third-order valence-corrected chi connectivity index (χ3v) is 4.29. The van der Waals surface area contributed by atoms with Crippen molar-refractivity contribution in [2.75, 3.05) is 0 Å². The lowest BCUT2D eigenvalue weighted by atomic mass is 10.1. The summed E-state index contributed by atoms with van der Waals surface area (Å²) < 4.78 is 2.49. The van der Waals surface area contributed by atoms with Crippen LogP contribution in [0.1, 0.15) is 25.8 Å². The first-order valence-electron chi connectivity index (χ1n) is 7.06. The fourth-order valence-electron chi connectivity index (χ4n) is 2.89. The number of fused-ring (bicyclic) bond motifs is 1. The van der Waals surface area contributed by atoms with E-state index in [1.807, 2.05) is 25.2 Å². The number of nitrogens with one attached hydrogen (secondary N) is 1. The predicted molar refractivity (Wildman–Crippen MR) is 85.8 cm³/mol. The van der Waals surface area contributed by atoms with Gasteiger partial charge in [-0.3, -0.25) is 24.0 Å². The van der Waals surface area contributed by atoms with Gasteiger partial charge in [-0.05, 0) is 25.5 Å². The molecule has 2 unspecified atom stereocenters.